The van der Waals surface area contributed by atoms with E-state index < -0.39 is 0 Å². The molecule has 2 heteroatoms. The van der Waals surface area contributed by atoms with Crippen LogP contribution in [0.4, 0.5) is 0 Å². The molecule has 1 atom stereocenters. The predicted molar refractivity (Wildman–Crippen MR) is 72.2 cm³/mol. The van der Waals surface area contributed by atoms with Crippen molar-refractivity contribution < 1.29 is 0 Å². The fourth-order valence-corrected chi connectivity index (χ4v) is 3.69. The summed E-state index contributed by atoms with van der Waals surface area (Å²) in [7, 11) is 0. The minimum Gasteiger partial charge on any atom is -0.310 e. The minimum atomic E-state index is 0.710. The number of rotatable bonds is 5. The quantitative estimate of drug-likeness (QED) is 0.789. The van der Waals surface area contributed by atoms with Crippen LogP contribution in [0.5, 0.6) is 0 Å². The molecule has 1 heterocycles. The zero-order chi connectivity index (χ0) is 11.7. The monoisotopic (exact) mass is 236 g/mol. The van der Waals surface area contributed by atoms with Crippen molar-refractivity contribution in [3.05, 3.63) is 0 Å². The molecule has 0 bridgehead atoms. The summed E-state index contributed by atoms with van der Waals surface area (Å²) < 4.78 is 0. The van der Waals surface area contributed by atoms with Crippen molar-refractivity contribution in [2.45, 2.75) is 70.4 Å². The van der Waals surface area contributed by atoms with E-state index in [2.05, 4.69) is 17.1 Å². The second-order valence-corrected chi connectivity index (χ2v) is 6.72. The zero-order valence-corrected chi connectivity index (χ0v) is 11.4. The second-order valence-electron chi connectivity index (χ2n) is 6.72. The lowest BCUT2D eigenvalue weighted by Crippen LogP contribution is -2.51. The van der Waals surface area contributed by atoms with Gasteiger partial charge in [0.05, 0.1) is 0 Å². The maximum Gasteiger partial charge on any atom is 0.0198 e. The topological polar surface area (TPSA) is 15.3 Å². The maximum absolute atomic E-state index is 3.82. The lowest BCUT2D eigenvalue weighted by Gasteiger charge is -2.46. The van der Waals surface area contributed by atoms with Crippen LogP contribution in [0.2, 0.25) is 0 Å². The van der Waals surface area contributed by atoms with Gasteiger partial charge in [0, 0.05) is 25.2 Å². The first-order valence-corrected chi connectivity index (χ1v) is 7.78. The highest BCUT2D eigenvalue weighted by Gasteiger charge is 2.38. The van der Waals surface area contributed by atoms with Crippen LogP contribution in [0.25, 0.3) is 0 Å². The van der Waals surface area contributed by atoms with Gasteiger partial charge in [0.1, 0.15) is 0 Å². The van der Waals surface area contributed by atoms with Gasteiger partial charge in [0.25, 0.3) is 0 Å². The summed E-state index contributed by atoms with van der Waals surface area (Å²) in [6.45, 7) is 6.44. The first-order chi connectivity index (χ1) is 8.30. The van der Waals surface area contributed by atoms with E-state index in [1.54, 1.807) is 0 Å². The lowest BCUT2D eigenvalue weighted by atomic mass is 9.66. The van der Waals surface area contributed by atoms with Crippen LogP contribution in [-0.2, 0) is 0 Å². The Morgan fingerprint density at radius 3 is 2.53 bits per heavy atom. The Morgan fingerprint density at radius 1 is 1.12 bits per heavy atom. The van der Waals surface area contributed by atoms with E-state index in [9.17, 15) is 0 Å². The first-order valence-electron chi connectivity index (χ1n) is 7.78. The van der Waals surface area contributed by atoms with Crippen molar-refractivity contribution >= 4 is 0 Å². The van der Waals surface area contributed by atoms with E-state index in [1.165, 1.54) is 71.0 Å². The van der Waals surface area contributed by atoms with Crippen LogP contribution < -0.4 is 5.32 Å². The van der Waals surface area contributed by atoms with Crippen LogP contribution in [0.15, 0.2) is 0 Å². The third-order valence-electron chi connectivity index (χ3n) is 5.28. The van der Waals surface area contributed by atoms with Crippen molar-refractivity contribution in [3.63, 3.8) is 0 Å². The van der Waals surface area contributed by atoms with E-state index in [-0.39, 0.29) is 0 Å². The molecular weight excluding hydrogens is 208 g/mol. The first kappa shape index (κ1) is 12.0. The van der Waals surface area contributed by atoms with Crippen LogP contribution in [-0.4, -0.2) is 36.6 Å². The predicted octanol–water partition coefficient (Wildman–Crippen LogP) is 2.78. The molecule has 0 radical (unpaired) electrons. The normalized spacial score (nSPS) is 33.4. The van der Waals surface area contributed by atoms with Gasteiger partial charge in [-0.25, -0.2) is 0 Å². The molecule has 0 amide bonds. The van der Waals surface area contributed by atoms with Crippen LogP contribution in [0.1, 0.15) is 58.3 Å². The third-order valence-corrected chi connectivity index (χ3v) is 5.28. The highest BCUT2D eigenvalue weighted by molar-refractivity contribution is 4.93. The number of nitrogens with zero attached hydrogens (tertiary/aromatic N) is 1. The Hall–Kier alpha value is -0.0800. The minimum absolute atomic E-state index is 0.710. The number of hydrogen-bond donors (Lipinski definition) is 1. The van der Waals surface area contributed by atoms with Gasteiger partial charge in [-0.15, -0.1) is 0 Å². The molecule has 2 saturated carbocycles. The third kappa shape index (κ3) is 2.85. The van der Waals surface area contributed by atoms with Crippen LogP contribution >= 0.6 is 0 Å². The fourth-order valence-electron chi connectivity index (χ4n) is 3.69. The maximum atomic E-state index is 3.82. The molecule has 2 nitrogen and oxygen atoms in total. The van der Waals surface area contributed by atoms with Crippen LogP contribution in [0, 0.1) is 5.41 Å². The SMILES string of the molecule is CCC1(CN2CCCC(NC3CC3)C2)CCC1. The number of hydrogen-bond acceptors (Lipinski definition) is 2. The van der Waals surface area contributed by atoms with Gasteiger partial charge < -0.3 is 10.2 Å². The Bertz CT molecular complexity index is 250. The Morgan fingerprint density at radius 2 is 1.94 bits per heavy atom. The highest BCUT2D eigenvalue weighted by atomic mass is 15.2. The number of piperidine rings is 1. The van der Waals surface area contributed by atoms with Crippen molar-refractivity contribution in [2.75, 3.05) is 19.6 Å². The molecule has 0 aromatic rings. The summed E-state index contributed by atoms with van der Waals surface area (Å²) in [4.78, 5) is 2.76. The number of likely N-dealkylation sites (tertiary alicyclic amines) is 1. The van der Waals surface area contributed by atoms with E-state index >= 15 is 0 Å². The van der Waals surface area contributed by atoms with Gasteiger partial charge >= 0.3 is 0 Å². The summed E-state index contributed by atoms with van der Waals surface area (Å²) >= 11 is 0. The van der Waals surface area contributed by atoms with E-state index in [0.717, 1.165) is 12.1 Å². The van der Waals surface area contributed by atoms with Crippen molar-refractivity contribution in [3.8, 4) is 0 Å². The van der Waals surface area contributed by atoms with Crippen molar-refractivity contribution in [2.24, 2.45) is 5.41 Å². The average molecular weight is 236 g/mol. The lowest BCUT2D eigenvalue weighted by molar-refractivity contribution is 0.0460. The molecule has 3 aliphatic rings. The average Bonchev–Trinajstić information content (AvgIpc) is 3.08. The zero-order valence-electron chi connectivity index (χ0n) is 11.4. The molecule has 0 aromatic carbocycles. The molecule has 1 aliphatic heterocycles. The second kappa shape index (κ2) is 4.89. The Kier molecular flexibility index (Phi) is 3.45. The summed E-state index contributed by atoms with van der Waals surface area (Å²) in [5.74, 6) is 0. The van der Waals surface area contributed by atoms with Gasteiger partial charge in [-0.2, -0.15) is 0 Å². The van der Waals surface area contributed by atoms with Crippen molar-refractivity contribution in [1.29, 1.82) is 0 Å². The van der Waals surface area contributed by atoms with E-state index in [0.29, 0.717) is 5.41 Å². The molecule has 3 rings (SSSR count). The fraction of sp³-hybridized carbons (Fsp3) is 1.00. The summed E-state index contributed by atoms with van der Waals surface area (Å²) in [5, 5.41) is 3.82. The highest BCUT2D eigenvalue weighted by Crippen LogP contribution is 2.44. The summed E-state index contributed by atoms with van der Waals surface area (Å²) in [6.07, 6.45) is 11.5. The van der Waals surface area contributed by atoms with Crippen LogP contribution in [0.3, 0.4) is 0 Å². The Balaban J connectivity index is 1.48. The standard InChI is InChI=1S/C15H28N2/c1-2-15(8-4-9-15)12-17-10-3-5-14(11-17)16-13-6-7-13/h13-14,16H,2-12H2,1H3. The Labute approximate surface area is 106 Å². The molecule has 0 aromatic heterocycles. The summed E-state index contributed by atoms with van der Waals surface area (Å²) in [6, 6.07) is 1.68. The molecule has 1 unspecified atom stereocenters. The summed E-state index contributed by atoms with van der Waals surface area (Å²) in [5.41, 5.74) is 0.710. The van der Waals surface area contributed by atoms with Gasteiger partial charge in [-0.1, -0.05) is 13.3 Å². The van der Waals surface area contributed by atoms with E-state index in [4.69, 9.17) is 0 Å². The van der Waals surface area contributed by atoms with Gasteiger partial charge in [-0.3, -0.25) is 0 Å². The molecule has 98 valence electrons. The van der Waals surface area contributed by atoms with Gasteiger partial charge in [0.15, 0.2) is 0 Å². The molecule has 1 N–H and O–H groups in total. The molecule has 2 aliphatic carbocycles. The van der Waals surface area contributed by atoms with Gasteiger partial charge in [-0.05, 0) is 56.9 Å². The molecule has 17 heavy (non-hydrogen) atoms. The van der Waals surface area contributed by atoms with E-state index in [1.807, 2.05) is 0 Å². The number of nitrogens with one attached hydrogen (secondary N) is 1. The van der Waals surface area contributed by atoms with Crippen molar-refractivity contribution in [1.82, 2.24) is 10.2 Å². The van der Waals surface area contributed by atoms with Gasteiger partial charge in [0.2, 0.25) is 0 Å². The molecule has 0 spiro atoms. The molecular formula is C15H28N2. The molecule has 3 fully saturated rings. The smallest absolute Gasteiger partial charge is 0.0198 e. The molecule has 1 saturated heterocycles. The largest absolute Gasteiger partial charge is 0.310 e.